The number of ether oxygens (including phenoxy) is 1. The van der Waals surface area contributed by atoms with E-state index in [4.69, 9.17) is 4.74 Å². The predicted molar refractivity (Wildman–Crippen MR) is 122 cm³/mol. The van der Waals surface area contributed by atoms with Gasteiger partial charge >= 0.3 is 0 Å². The normalized spacial score (nSPS) is 17.1. The molecule has 168 valence electrons. The summed E-state index contributed by atoms with van der Waals surface area (Å²) in [6, 6.07) is 13.2. The maximum Gasteiger partial charge on any atom is 0.242 e. The van der Waals surface area contributed by atoms with Gasteiger partial charge < -0.3 is 10.1 Å². The zero-order valence-electron chi connectivity index (χ0n) is 18.6. The first-order chi connectivity index (χ1) is 14.7. The van der Waals surface area contributed by atoms with Crippen LogP contribution in [0.25, 0.3) is 0 Å². The van der Waals surface area contributed by atoms with Gasteiger partial charge in [-0.25, -0.2) is 12.7 Å². The minimum atomic E-state index is -3.58. The number of nitrogens with zero attached hydrogens (tertiary/aromatic N) is 2. The van der Waals surface area contributed by atoms with Crippen LogP contribution in [0.1, 0.15) is 36.9 Å². The molecule has 2 aromatic rings. The Bertz CT molecular complexity index is 1020. The van der Waals surface area contributed by atoms with Gasteiger partial charge in [-0.15, -0.1) is 0 Å². The molecule has 0 radical (unpaired) electrons. The fourth-order valence-corrected chi connectivity index (χ4v) is 5.03. The molecule has 31 heavy (non-hydrogen) atoms. The van der Waals surface area contributed by atoms with Gasteiger partial charge in [0, 0.05) is 25.8 Å². The molecule has 0 unspecified atom stereocenters. The number of nitrogens with one attached hydrogen (secondary N) is 1. The second-order valence-electron chi connectivity index (χ2n) is 7.95. The Morgan fingerprint density at radius 1 is 1.19 bits per heavy atom. The number of amides is 1. The number of rotatable bonds is 8. The number of hydrogen-bond donors (Lipinski definition) is 1. The SMILES string of the molecule is CCOc1ccc([C@@H]2CCCN2CC(=O)Nc2ccc(C)c(S(=O)(=O)N(C)C)c2)cc1. The van der Waals surface area contributed by atoms with Crippen molar-refractivity contribution in [3.05, 3.63) is 53.6 Å². The van der Waals surface area contributed by atoms with Gasteiger partial charge in [0.2, 0.25) is 15.9 Å². The molecule has 1 atom stereocenters. The molecule has 1 aliphatic rings. The molecule has 8 heteroatoms. The molecule has 1 N–H and O–H groups in total. The third-order valence-electron chi connectivity index (χ3n) is 5.52. The summed E-state index contributed by atoms with van der Waals surface area (Å²) in [5.41, 5.74) is 2.29. The average molecular weight is 446 g/mol. The lowest BCUT2D eigenvalue weighted by atomic mass is 10.0. The molecule has 1 saturated heterocycles. The highest BCUT2D eigenvalue weighted by Gasteiger charge is 2.28. The molecule has 0 aliphatic carbocycles. The van der Waals surface area contributed by atoms with Crippen LogP contribution in [0.4, 0.5) is 5.69 Å². The first-order valence-corrected chi connectivity index (χ1v) is 12.0. The third kappa shape index (κ3) is 5.44. The van der Waals surface area contributed by atoms with Crippen LogP contribution >= 0.6 is 0 Å². The summed E-state index contributed by atoms with van der Waals surface area (Å²) in [5, 5.41) is 2.86. The predicted octanol–water partition coefficient (Wildman–Crippen LogP) is 3.42. The second-order valence-corrected chi connectivity index (χ2v) is 10.1. The van der Waals surface area contributed by atoms with E-state index in [0.717, 1.165) is 25.1 Å². The number of sulfonamides is 1. The Morgan fingerprint density at radius 3 is 2.55 bits per heavy atom. The van der Waals surface area contributed by atoms with Crippen LogP contribution in [-0.4, -0.2) is 57.3 Å². The molecule has 0 saturated carbocycles. The van der Waals surface area contributed by atoms with Gasteiger partial charge in [0.15, 0.2) is 0 Å². The molecular formula is C23H31N3O4S. The Balaban J connectivity index is 1.69. The van der Waals surface area contributed by atoms with Gasteiger partial charge in [-0.3, -0.25) is 9.69 Å². The first-order valence-electron chi connectivity index (χ1n) is 10.5. The summed E-state index contributed by atoms with van der Waals surface area (Å²) in [5.74, 6) is 0.686. The van der Waals surface area contributed by atoms with Gasteiger partial charge in [0.05, 0.1) is 18.0 Å². The average Bonchev–Trinajstić information content (AvgIpc) is 3.18. The van der Waals surface area contributed by atoms with Crippen LogP contribution in [0.2, 0.25) is 0 Å². The number of carbonyl (C=O) groups is 1. The zero-order valence-corrected chi connectivity index (χ0v) is 19.4. The highest BCUT2D eigenvalue weighted by Crippen LogP contribution is 2.32. The van der Waals surface area contributed by atoms with Crippen LogP contribution in [0.3, 0.4) is 0 Å². The van der Waals surface area contributed by atoms with Crippen molar-refractivity contribution in [3.8, 4) is 5.75 Å². The molecule has 1 fully saturated rings. The number of hydrogen-bond acceptors (Lipinski definition) is 5. The van der Waals surface area contributed by atoms with E-state index in [0.29, 0.717) is 17.9 Å². The van der Waals surface area contributed by atoms with Crippen LogP contribution in [0, 0.1) is 6.92 Å². The summed E-state index contributed by atoms with van der Waals surface area (Å²) in [6.45, 7) is 5.43. The smallest absolute Gasteiger partial charge is 0.242 e. The molecule has 2 aromatic carbocycles. The van der Waals surface area contributed by atoms with E-state index in [9.17, 15) is 13.2 Å². The largest absolute Gasteiger partial charge is 0.494 e. The maximum atomic E-state index is 12.7. The lowest BCUT2D eigenvalue weighted by Gasteiger charge is -2.24. The van der Waals surface area contributed by atoms with Crippen LogP contribution < -0.4 is 10.1 Å². The van der Waals surface area contributed by atoms with Crippen molar-refractivity contribution in [2.75, 3.05) is 39.1 Å². The van der Waals surface area contributed by atoms with Crippen molar-refractivity contribution in [3.63, 3.8) is 0 Å². The minimum Gasteiger partial charge on any atom is -0.494 e. The Labute approximate surface area is 185 Å². The van der Waals surface area contributed by atoms with Crippen LogP contribution in [-0.2, 0) is 14.8 Å². The Hall–Kier alpha value is -2.42. The summed E-state index contributed by atoms with van der Waals surface area (Å²) >= 11 is 0. The van der Waals surface area contributed by atoms with Gasteiger partial charge in [0.25, 0.3) is 0 Å². The van der Waals surface area contributed by atoms with E-state index in [-0.39, 0.29) is 23.4 Å². The summed E-state index contributed by atoms with van der Waals surface area (Å²) in [4.78, 5) is 15.1. The van der Waals surface area contributed by atoms with Crippen molar-refractivity contribution in [1.29, 1.82) is 0 Å². The first kappa shape index (κ1) is 23.2. The molecule has 0 spiro atoms. The zero-order chi connectivity index (χ0) is 22.6. The lowest BCUT2D eigenvalue weighted by Crippen LogP contribution is -2.33. The number of likely N-dealkylation sites (tertiary alicyclic amines) is 1. The summed E-state index contributed by atoms with van der Waals surface area (Å²) in [7, 11) is -0.590. The lowest BCUT2D eigenvalue weighted by molar-refractivity contribution is -0.117. The second kappa shape index (κ2) is 9.80. The van der Waals surface area contributed by atoms with E-state index in [1.807, 2.05) is 19.1 Å². The number of carbonyl (C=O) groups excluding carboxylic acids is 1. The monoisotopic (exact) mass is 445 g/mol. The molecule has 1 heterocycles. The molecule has 3 rings (SSSR count). The van der Waals surface area contributed by atoms with Crippen LogP contribution in [0.5, 0.6) is 5.75 Å². The fourth-order valence-electron chi connectivity index (χ4n) is 3.88. The molecule has 7 nitrogen and oxygen atoms in total. The standard InChI is InChI=1S/C23H31N3O4S/c1-5-30-20-12-9-18(10-13-20)21-7-6-14-26(21)16-23(27)24-19-11-8-17(2)22(15-19)31(28,29)25(3)4/h8-13,15,21H,5-7,14,16H2,1-4H3,(H,24,27)/t21-/m0/s1. The van der Waals surface area contributed by atoms with Crippen LogP contribution in [0.15, 0.2) is 47.4 Å². The highest BCUT2D eigenvalue weighted by molar-refractivity contribution is 7.89. The van der Waals surface area contributed by atoms with Crippen molar-refractivity contribution in [2.24, 2.45) is 0 Å². The van der Waals surface area contributed by atoms with Gasteiger partial charge in [0.1, 0.15) is 5.75 Å². The number of anilines is 1. The Kier molecular flexibility index (Phi) is 7.35. The maximum absolute atomic E-state index is 12.7. The van der Waals surface area contributed by atoms with Gasteiger partial charge in [-0.05, 0) is 68.6 Å². The van der Waals surface area contributed by atoms with E-state index < -0.39 is 10.0 Å². The van der Waals surface area contributed by atoms with E-state index in [1.165, 1.54) is 30.0 Å². The van der Waals surface area contributed by atoms with Crippen molar-refractivity contribution in [1.82, 2.24) is 9.21 Å². The van der Waals surface area contributed by atoms with E-state index >= 15 is 0 Å². The molecule has 1 amide bonds. The van der Waals surface area contributed by atoms with Crippen molar-refractivity contribution >= 4 is 21.6 Å². The molecular weight excluding hydrogens is 414 g/mol. The van der Waals surface area contributed by atoms with Gasteiger partial charge in [-0.2, -0.15) is 0 Å². The Morgan fingerprint density at radius 2 is 1.90 bits per heavy atom. The topological polar surface area (TPSA) is 79.0 Å². The highest BCUT2D eigenvalue weighted by atomic mass is 32.2. The minimum absolute atomic E-state index is 0.158. The van der Waals surface area contributed by atoms with Crippen molar-refractivity contribution in [2.45, 2.75) is 37.6 Å². The van der Waals surface area contributed by atoms with Gasteiger partial charge in [-0.1, -0.05) is 18.2 Å². The van der Waals surface area contributed by atoms with E-state index in [2.05, 4.69) is 22.3 Å². The number of aryl methyl sites for hydroxylation is 1. The fraction of sp³-hybridized carbons (Fsp3) is 0.435. The quantitative estimate of drug-likeness (QED) is 0.674. The summed E-state index contributed by atoms with van der Waals surface area (Å²) < 4.78 is 31.7. The molecule has 1 aliphatic heterocycles. The number of benzene rings is 2. The molecule has 0 bridgehead atoms. The molecule has 0 aromatic heterocycles. The third-order valence-corrected chi connectivity index (χ3v) is 7.47. The van der Waals surface area contributed by atoms with E-state index in [1.54, 1.807) is 19.1 Å². The summed E-state index contributed by atoms with van der Waals surface area (Å²) in [6.07, 6.45) is 2.03. The van der Waals surface area contributed by atoms with Crippen molar-refractivity contribution < 1.29 is 17.9 Å².